The fourth-order valence-electron chi connectivity index (χ4n) is 4.78. The van der Waals surface area contributed by atoms with E-state index < -0.39 is 0 Å². The van der Waals surface area contributed by atoms with Crippen molar-refractivity contribution in [2.45, 2.75) is 27.7 Å². The van der Waals surface area contributed by atoms with Gasteiger partial charge in [-0.3, -0.25) is 0 Å². The monoisotopic (exact) mass is 509 g/mol. The molecule has 0 saturated carbocycles. The summed E-state index contributed by atoms with van der Waals surface area (Å²) < 4.78 is 0. The summed E-state index contributed by atoms with van der Waals surface area (Å²) in [5, 5.41) is 0. The molecule has 0 spiro atoms. The van der Waals surface area contributed by atoms with Gasteiger partial charge in [-0.1, -0.05) is 99.9 Å². The molecule has 3 nitrogen and oxygen atoms in total. The molecule has 0 amide bonds. The molecule has 0 saturated heterocycles. The second-order valence-corrected chi connectivity index (χ2v) is 8.69. The molecule has 3 heteroatoms. The Bertz CT molecular complexity index is 1620. The van der Waals surface area contributed by atoms with Crippen molar-refractivity contribution >= 4 is 63.4 Å². The van der Waals surface area contributed by atoms with Crippen molar-refractivity contribution in [3.63, 3.8) is 0 Å². The number of nitrogens with zero attached hydrogens (tertiary/aromatic N) is 3. The standard InChI is InChI=1S/C34H29N3.C2H6/c1-5-13-24-15-11-19-33(27(24)7-3)37(34-20-12-16-25(14-6-2)28(34)8-4)26-21-22-31-32(23-26)36-30-18-10-9-17-29(30)35-31;1-2/h5-23H,3-4H2,1-2H3;1-2H3/b13-5-,14-6-;. The summed E-state index contributed by atoms with van der Waals surface area (Å²) >= 11 is 0. The van der Waals surface area contributed by atoms with Crippen LogP contribution in [0.15, 0.2) is 104 Å². The largest absolute Gasteiger partial charge is 0.309 e. The van der Waals surface area contributed by atoms with E-state index in [-0.39, 0.29) is 0 Å². The molecule has 0 radical (unpaired) electrons. The van der Waals surface area contributed by atoms with Crippen molar-refractivity contribution in [1.82, 2.24) is 9.97 Å². The van der Waals surface area contributed by atoms with Gasteiger partial charge in [0.25, 0.3) is 0 Å². The van der Waals surface area contributed by atoms with Crippen LogP contribution in [0, 0.1) is 0 Å². The van der Waals surface area contributed by atoms with Crippen LogP contribution in [0.3, 0.4) is 0 Å². The Morgan fingerprint density at radius 2 is 1.08 bits per heavy atom. The zero-order valence-electron chi connectivity index (χ0n) is 23.2. The van der Waals surface area contributed by atoms with Crippen LogP contribution in [0.4, 0.5) is 17.1 Å². The number of para-hydroxylation sites is 2. The molecule has 1 heterocycles. The van der Waals surface area contributed by atoms with E-state index >= 15 is 0 Å². The highest BCUT2D eigenvalue weighted by molar-refractivity contribution is 5.94. The average molecular weight is 510 g/mol. The molecule has 0 aliphatic rings. The number of rotatable bonds is 7. The molecule has 1 aromatic heterocycles. The summed E-state index contributed by atoms with van der Waals surface area (Å²) in [6.45, 7) is 16.4. The molecule has 39 heavy (non-hydrogen) atoms. The minimum Gasteiger partial charge on any atom is -0.309 e. The molecule has 5 aromatic rings. The highest BCUT2D eigenvalue weighted by Gasteiger charge is 2.20. The molecule has 0 atom stereocenters. The second-order valence-electron chi connectivity index (χ2n) is 8.69. The molecule has 0 fully saturated rings. The minimum absolute atomic E-state index is 0.843. The Morgan fingerprint density at radius 1 is 0.590 bits per heavy atom. The van der Waals surface area contributed by atoms with Crippen LogP contribution < -0.4 is 4.90 Å². The van der Waals surface area contributed by atoms with E-state index in [0.29, 0.717) is 0 Å². The van der Waals surface area contributed by atoms with Crippen LogP contribution in [0.5, 0.6) is 0 Å². The molecule has 0 unspecified atom stereocenters. The van der Waals surface area contributed by atoms with E-state index in [1.807, 2.05) is 70.2 Å². The summed E-state index contributed by atoms with van der Waals surface area (Å²) in [6, 6.07) is 26.9. The molecule has 0 bridgehead atoms. The lowest BCUT2D eigenvalue weighted by atomic mass is 9.99. The van der Waals surface area contributed by atoms with Gasteiger partial charge < -0.3 is 4.90 Å². The van der Waals surface area contributed by atoms with Crippen molar-refractivity contribution in [2.75, 3.05) is 4.90 Å². The number of anilines is 3. The van der Waals surface area contributed by atoms with Gasteiger partial charge in [0.05, 0.1) is 33.4 Å². The maximum atomic E-state index is 4.94. The minimum atomic E-state index is 0.843. The van der Waals surface area contributed by atoms with Gasteiger partial charge in [-0.2, -0.15) is 0 Å². The van der Waals surface area contributed by atoms with E-state index in [1.165, 1.54) is 0 Å². The molecule has 5 rings (SSSR count). The van der Waals surface area contributed by atoms with Crippen LogP contribution in [-0.4, -0.2) is 9.97 Å². The third kappa shape index (κ3) is 5.44. The van der Waals surface area contributed by atoms with Gasteiger partial charge in [0.1, 0.15) is 0 Å². The summed E-state index contributed by atoms with van der Waals surface area (Å²) in [5.41, 5.74) is 10.8. The van der Waals surface area contributed by atoms with Crippen LogP contribution in [0.2, 0.25) is 0 Å². The fourth-order valence-corrected chi connectivity index (χ4v) is 4.78. The lowest BCUT2D eigenvalue weighted by Crippen LogP contribution is -2.14. The van der Waals surface area contributed by atoms with Gasteiger partial charge in [0.2, 0.25) is 0 Å². The second kappa shape index (κ2) is 12.7. The van der Waals surface area contributed by atoms with Crippen molar-refractivity contribution in [3.05, 3.63) is 126 Å². The van der Waals surface area contributed by atoms with Crippen molar-refractivity contribution in [1.29, 1.82) is 0 Å². The van der Waals surface area contributed by atoms with Gasteiger partial charge in [-0.15, -0.1) is 0 Å². The SMILES string of the molecule is C=Cc1c(/C=C\C)cccc1N(c1ccc2nc3ccccc3nc2c1)c1cccc(/C=C\C)c1C=C.CC. The van der Waals surface area contributed by atoms with Crippen LogP contribution >= 0.6 is 0 Å². The maximum Gasteiger partial charge on any atom is 0.0915 e. The van der Waals surface area contributed by atoms with E-state index in [1.54, 1.807) is 0 Å². The number of fused-ring (bicyclic) bond motifs is 2. The van der Waals surface area contributed by atoms with Gasteiger partial charge in [0, 0.05) is 16.8 Å². The average Bonchev–Trinajstić information content (AvgIpc) is 2.98. The number of hydrogen-bond acceptors (Lipinski definition) is 3. The Labute approximate surface area is 232 Å². The van der Waals surface area contributed by atoms with Crippen molar-refractivity contribution in [3.8, 4) is 0 Å². The summed E-state index contributed by atoms with van der Waals surface area (Å²) in [6.07, 6.45) is 12.2. The summed E-state index contributed by atoms with van der Waals surface area (Å²) in [7, 11) is 0. The Morgan fingerprint density at radius 3 is 1.56 bits per heavy atom. The molecule has 4 aromatic carbocycles. The smallest absolute Gasteiger partial charge is 0.0915 e. The number of aromatic nitrogens is 2. The van der Waals surface area contributed by atoms with Crippen LogP contribution in [-0.2, 0) is 0 Å². The highest BCUT2D eigenvalue weighted by atomic mass is 15.1. The molecule has 0 aliphatic heterocycles. The molecular formula is C36H35N3. The summed E-state index contributed by atoms with van der Waals surface area (Å²) in [5.74, 6) is 0. The van der Waals surface area contributed by atoms with Crippen molar-refractivity contribution in [2.24, 2.45) is 0 Å². The van der Waals surface area contributed by atoms with E-state index in [9.17, 15) is 0 Å². The van der Waals surface area contributed by atoms with Gasteiger partial charge >= 0.3 is 0 Å². The first-order chi connectivity index (χ1) is 19.2. The van der Waals surface area contributed by atoms with Crippen LogP contribution in [0.1, 0.15) is 49.9 Å². The molecular weight excluding hydrogens is 474 g/mol. The first-order valence-electron chi connectivity index (χ1n) is 13.4. The van der Waals surface area contributed by atoms with Crippen LogP contribution in [0.25, 0.3) is 46.4 Å². The maximum absolute atomic E-state index is 4.94. The molecule has 0 N–H and O–H groups in total. The lowest BCUT2D eigenvalue weighted by Gasteiger charge is -2.30. The van der Waals surface area contributed by atoms with Gasteiger partial charge in [-0.25, -0.2) is 9.97 Å². The third-order valence-electron chi connectivity index (χ3n) is 6.40. The van der Waals surface area contributed by atoms with E-state index in [0.717, 1.165) is 61.4 Å². The lowest BCUT2D eigenvalue weighted by molar-refractivity contribution is 1.26. The molecule has 194 valence electrons. The quantitative estimate of drug-likeness (QED) is 0.204. The first kappa shape index (κ1) is 27.3. The van der Waals surface area contributed by atoms with Gasteiger partial charge in [0.15, 0.2) is 0 Å². The first-order valence-corrected chi connectivity index (χ1v) is 13.4. The van der Waals surface area contributed by atoms with Crippen molar-refractivity contribution < 1.29 is 0 Å². The zero-order valence-corrected chi connectivity index (χ0v) is 23.2. The van der Waals surface area contributed by atoms with E-state index in [2.05, 4.69) is 90.9 Å². The third-order valence-corrected chi connectivity index (χ3v) is 6.40. The number of hydrogen-bond donors (Lipinski definition) is 0. The number of allylic oxidation sites excluding steroid dienone is 2. The zero-order chi connectivity index (χ0) is 27.8. The Hall–Kier alpha value is -4.76. The number of benzene rings is 4. The Kier molecular flexibility index (Phi) is 8.86. The predicted molar refractivity (Wildman–Crippen MR) is 173 cm³/mol. The van der Waals surface area contributed by atoms with Gasteiger partial charge in [-0.05, 0) is 67.4 Å². The predicted octanol–water partition coefficient (Wildman–Crippen LogP) is 10.6. The fraction of sp³-hybridized carbons (Fsp3) is 0.111. The Balaban J connectivity index is 0.00000172. The topological polar surface area (TPSA) is 29.0 Å². The normalized spacial score (nSPS) is 11.1. The van der Waals surface area contributed by atoms with E-state index in [4.69, 9.17) is 9.97 Å². The highest BCUT2D eigenvalue weighted by Crippen LogP contribution is 2.42. The summed E-state index contributed by atoms with van der Waals surface area (Å²) in [4.78, 5) is 12.0. The molecule has 0 aliphatic carbocycles.